The topological polar surface area (TPSA) is 130 Å². The molecule has 0 aromatic heterocycles. The molecule has 0 aliphatic carbocycles. The molecule has 1 N–H and O–H groups in total. The van der Waals surface area contributed by atoms with Gasteiger partial charge in [0.15, 0.2) is 10.1 Å². The molecule has 162 valence electrons. The molecule has 0 aliphatic heterocycles. The minimum absolute atomic E-state index is 0.0411. The summed E-state index contributed by atoms with van der Waals surface area (Å²) in [7, 11) is -13.5. The molecule has 0 fully saturated rings. The standard InChI is InChI=1S/C14H18F4O8S2/c15-13(16,27(20,21)22)14(17,18)28(23,24)26-12-5-3-11(4-6-12)7-10-25-9-2-1-8-19/h3-6,19H,1-2,7-10H2,(H,20,21,22)/p-1. The van der Waals surface area contributed by atoms with Gasteiger partial charge in [0.1, 0.15) is 5.75 Å². The molecule has 1 aromatic carbocycles. The zero-order chi connectivity index (χ0) is 21.6. The number of aliphatic hydroxyl groups is 1. The van der Waals surface area contributed by atoms with Gasteiger partial charge in [-0.05, 0) is 37.0 Å². The summed E-state index contributed by atoms with van der Waals surface area (Å²) < 4.78 is 116. The van der Waals surface area contributed by atoms with Gasteiger partial charge >= 0.3 is 20.6 Å². The molecule has 0 amide bonds. The molecule has 0 saturated carbocycles. The van der Waals surface area contributed by atoms with Crippen LogP contribution in [-0.4, -0.2) is 56.8 Å². The van der Waals surface area contributed by atoms with E-state index in [1.807, 2.05) is 0 Å². The summed E-state index contributed by atoms with van der Waals surface area (Å²) >= 11 is 0. The Morgan fingerprint density at radius 3 is 2.00 bits per heavy atom. The lowest BCUT2D eigenvalue weighted by atomic mass is 10.1. The van der Waals surface area contributed by atoms with Crippen LogP contribution in [0.15, 0.2) is 24.3 Å². The van der Waals surface area contributed by atoms with Crippen molar-refractivity contribution in [2.24, 2.45) is 0 Å². The summed E-state index contributed by atoms with van der Waals surface area (Å²) in [4.78, 5) is 0. The fourth-order valence-corrected chi connectivity index (χ4v) is 3.45. The zero-order valence-electron chi connectivity index (χ0n) is 14.2. The van der Waals surface area contributed by atoms with E-state index < -0.39 is 36.5 Å². The Hall–Kier alpha value is -1.48. The second-order valence-electron chi connectivity index (χ2n) is 5.46. The van der Waals surface area contributed by atoms with Crippen LogP contribution in [0.3, 0.4) is 0 Å². The van der Waals surface area contributed by atoms with Crippen LogP contribution in [0.2, 0.25) is 0 Å². The molecular formula is C14H17F4O8S2-. The number of ether oxygens (including phenoxy) is 1. The van der Waals surface area contributed by atoms with Gasteiger partial charge in [0.05, 0.1) is 6.61 Å². The van der Waals surface area contributed by atoms with Crippen molar-refractivity contribution in [1.82, 2.24) is 0 Å². The summed E-state index contributed by atoms with van der Waals surface area (Å²) in [5.41, 5.74) is 0.575. The average Bonchev–Trinajstić information content (AvgIpc) is 2.58. The highest BCUT2D eigenvalue weighted by Gasteiger charge is 2.71. The number of hydrogen-bond acceptors (Lipinski definition) is 8. The molecule has 0 atom stereocenters. The fraction of sp³-hybridized carbons (Fsp3) is 0.571. The maximum absolute atomic E-state index is 13.5. The molecule has 0 spiro atoms. The molecule has 28 heavy (non-hydrogen) atoms. The second-order valence-corrected chi connectivity index (χ2v) is 8.47. The molecule has 0 unspecified atom stereocenters. The van der Waals surface area contributed by atoms with Crippen molar-refractivity contribution in [3.63, 3.8) is 0 Å². The Kier molecular flexibility index (Phi) is 8.20. The largest absolute Gasteiger partial charge is 0.743 e. The van der Waals surface area contributed by atoms with Crippen molar-refractivity contribution >= 4 is 20.2 Å². The van der Waals surface area contributed by atoms with E-state index in [0.717, 1.165) is 12.1 Å². The minimum atomic E-state index is -6.98. The maximum atomic E-state index is 13.5. The first kappa shape index (κ1) is 24.6. The Bertz CT molecular complexity index is 839. The molecule has 14 heteroatoms. The van der Waals surface area contributed by atoms with Crippen LogP contribution in [0, 0.1) is 0 Å². The van der Waals surface area contributed by atoms with E-state index in [4.69, 9.17) is 9.84 Å². The monoisotopic (exact) mass is 453 g/mol. The van der Waals surface area contributed by atoms with Crippen LogP contribution < -0.4 is 4.18 Å². The van der Waals surface area contributed by atoms with Gasteiger partial charge < -0.3 is 18.6 Å². The molecule has 0 radical (unpaired) electrons. The van der Waals surface area contributed by atoms with Gasteiger partial charge in [-0.1, -0.05) is 12.1 Å². The highest BCUT2D eigenvalue weighted by atomic mass is 32.2. The van der Waals surface area contributed by atoms with Gasteiger partial charge in [-0.2, -0.15) is 26.0 Å². The third-order valence-corrected chi connectivity index (χ3v) is 5.64. The van der Waals surface area contributed by atoms with Gasteiger partial charge in [-0.3, -0.25) is 0 Å². The zero-order valence-corrected chi connectivity index (χ0v) is 15.8. The fourth-order valence-electron chi connectivity index (χ4n) is 1.79. The van der Waals surface area contributed by atoms with Crippen LogP contribution in [0.25, 0.3) is 0 Å². The number of halogens is 4. The lowest BCUT2D eigenvalue weighted by molar-refractivity contribution is -0.105. The van der Waals surface area contributed by atoms with E-state index in [1.165, 1.54) is 12.1 Å². The third-order valence-electron chi connectivity index (χ3n) is 3.33. The predicted molar refractivity (Wildman–Crippen MR) is 86.4 cm³/mol. The van der Waals surface area contributed by atoms with Crippen LogP contribution in [-0.2, 0) is 31.4 Å². The SMILES string of the molecule is O=S(=O)([O-])C(F)(F)C(F)(F)S(=O)(=O)Oc1ccc(CCOCCCCO)cc1. The smallest absolute Gasteiger partial charge is 0.457 e. The highest BCUT2D eigenvalue weighted by Crippen LogP contribution is 2.43. The van der Waals surface area contributed by atoms with E-state index in [0.29, 0.717) is 31.4 Å². The van der Waals surface area contributed by atoms with Gasteiger partial charge in [-0.25, -0.2) is 8.42 Å². The number of benzene rings is 1. The normalized spacial score (nSPS) is 13.5. The molecule has 0 heterocycles. The van der Waals surface area contributed by atoms with Crippen LogP contribution in [0.5, 0.6) is 5.75 Å². The van der Waals surface area contributed by atoms with Crippen LogP contribution in [0.1, 0.15) is 18.4 Å². The Balaban J connectivity index is 2.77. The number of alkyl halides is 4. The Morgan fingerprint density at radius 2 is 1.50 bits per heavy atom. The first-order valence-electron chi connectivity index (χ1n) is 7.69. The van der Waals surface area contributed by atoms with Gasteiger partial charge in [0.2, 0.25) is 0 Å². The number of hydrogen-bond donors (Lipinski definition) is 1. The molecule has 1 aromatic rings. The first-order valence-corrected chi connectivity index (χ1v) is 10.5. The van der Waals surface area contributed by atoms with Crippen molar-refractivity contribution < 1.29 is 53.0 Å². The van der Waals surface area contributed by atoms with Crippen molar-refractivity contribution in [3.05, 3.63) is 29.8 Å². The van der Waals surface area contributed by atoms with E-state index in [2.05, 4.69) is 4.18 Å². The van der Waals surface area contributed by atoms with Crippen LogP contribution in [0.4, 0.5) is 17.6 Å². The number of rotatable bonds is 12. The molecule has 8 nitrogen and oxygen atoms in total. The summed E-state index contributed by atoms with van der Waals surface area (Å²) in [6.45, 7) is 0.723. The van der Waals surface area contributed by atoms with Crippen molar-refractivity contribution in [2.75, 3.05) is 19.8 Å². The van der Waals surface area contributed by atoms with Crippen molar-refractivity contribution in [1.29, 1.82) is 0 Å². The third kappa shape index (κ3) is 5.76. The van der Waals surface area contributed by atoms with Gasteiger partial charge in [-0.15, -0.1) is 0 Å². The maximum Gasteiger partial charge on any atom is 0.457 e. The van der Waals surface area contributed by atoms with Gasteiger partial charge in [0, 0.05) is 13.2 Å². The van der Waals surface area contributed by atoms with E-state index in [1.54, 1.807) is 0 Å². The minimum Gasteiger partial charge on any atom is -0.743 e. The van der Waals surface area contributed by atoms with Gasteiger partial charge in [0.25, 0.3) is 0 Å². The summed E-state index contributed by atoms with van der Waals surface area (Å²) in [5.74, 6) is -0.786. The Labute approximate surface area is 158 Å². The molecule has 1 rings (SSSR count). The number of aliphatic hydroxyl groups excluding tert-OH is 1. The molecule has 0 saturated heterocycles. The predicted octanol–water partition coefficient (Wildman–Crippen LogP) is 1.46. The van der Waals surface area contributed by atoms with Crippen LogP contribution >= 0.6 is 0 Å². The molecule has 0 aliphatic rings. The number of unbranched alkanes of at least 4 members (excludes halogenated alkanes) is 1. The Morgan fingerprint density at radius 1 is 0.929 bits per heavy atom. The average molecular weight is 453 g/mol. The second kappa shape index (κ2) is 9.35. The lowest BCUT2D eigenvalue weighted by Gasteiger charge is -2.27. The summed E-state index contributed by atoms with van der Waals surface area (Å²) in [5, 5.41) is -4.13. The van der Waals surface area contributed by atoms with Crippen molar-refractivity contribution in [2.45, 2.75) is 29.8 Å². The van der Waals surface area contributed by atoms with E-state index in [-0.39, 0.29) is 13.2 Å². The van der Waals surface area contributed by atoms with E-state index >= 15 is 0 Å². The lowest BCUT2D eigenvalue weighted by Crippen LogP contribution is -2.53. The van der Waals surface area contributed by atoms with E-state index in [9.17, 15) is 39.0 Å². The summed E-state index contributed by atoms with van der Waals surface area (Å²) in [6, 6.07) is 4.28. The molecule has 0 bridgehead atoms. The van der Waals surface area contributed by atoms with Crippen molar-refractivity contribution in [3.8, 4) is 5.75 Å². The highest BCUT2D eigenvalue weighted by molar-refractivity contribution is 7.91. The summed E-state index contributed by atoms with van der Waals surface area (Å²) in [6.07, 6.45) is 1.59. The first-order chi connectivity index (χ1) is 12.8. The molecular weight excluding hydrogens is 436 g/mol. The quantitative estimate of drug-likeness (QED) is 0.218.